The summed E-state index contributed by atoms with van der Waals surface area (Å²) in [6.45, 7) is 3.08. The molecule has 0 spiro atoms. The highest BCUT2D eigenvalue weighted by molar-refractivity contribution is 5.97. The molecular weight excluding hydrogens is 283 g/mol. The second-order valence-electron chi connectivity index (χ2n) is 4.71. The monoisotopic (exact) mass is 303 g/mol. The Kier molecular flexibility index (Phi) is 6.68. The zero-order chi connectivity index (χ0) is 15.9. The third-order valence-corrected chi connectivity index (χ3v) is 2.80. The molecule has 0 aliphatic carbocycles. The topological polar surface area (TPSA) is 29.5 Å². The van der Waals surface area contributed by atoms with Crippen LogP contribution in [0.2, 0.25) is 0 Å². The molecule has 0 N–H and O–H groups in total. The van der Waals surface area contributed by atoms with E-state index in [0.29, 0.717) is 24.3 Å². The lowest BCUT2D eigenvalue weighted by Crippen LogP contribution is -2.38. The number of halogens is 3. The van der Waals surface area contributed by atoms with Crippen molar-refractivity contribution in [2.75, 3.05) is 26.2 Å². The van der Waals surface area contributed by atoms with Gasteiger partial charge in [-0.15, -0.1) is 0 Å². The minimum Gasteiger partial charge on any atom is -0.494 e. The molecule has 118 valence electrons. The largest absolute Gasteiger partial charge is 0.494 e. The molecule has 21 heavy (non-hydrogen) atoms. The van der Waals surface area contributed by atoms with Crippen molar-refractivity contribution >= 4 is 5.78 Å². The van der Waals surface area contributed by atoms with Crippen LogP contribution in [0.25, 0.3) is 0 Å². The quantitative estimate of drug-likeness (QED) is 0.688. The minimum atomic E-state index is -4.30. The zero-order valence-corrected chi connectivity index (χ0v) is 12.2. The van der Waals surface area contributed by atoms with Crippen LogP contribution in [0, 0.1) is 0 Å². The van der Waals surface area contributed by atoms with Gasteiger partial charge in [-0.2, -0.15) is 13.2 Å². The predicted octanol–water partition coefficient (Wildman–Crippen LogP) is 3.54. The summed E-state index contributed by atoms with van der Waals surface area (Å²) in [5.74, 6) is 0.311. The Bertz CT molecular complexity index is 443. The normalized spacial score (nSPS) is 11.7. The first kappa shape index (κ1) is 17.5. The highest BCUT2D eigenvalue weighted by Gasteiger charge is 2.31. The number of hydrogen-bond acceptors (Lipinski definition) is 3. The van der Waals surface area contributed by atoms with Gasteiger partial charge in [-0.1, -0.05) is 6.92 Å². The lowest BCUT2D eigenvalue weighted by atomic mass is 10.1. The Labute approximate surface area is 122 Å². The van der Waals surface area contributed by atoms with E-state index in [0.717, 1.165) is 4.90 Å². The fourth-order valence-corrected chi connectivity index (χ4v) is 1.98. The van der Waals surface area contributed by atoms with Crippen molar-refractivity contribution in [3.8, 4) is 5.75 Å². The summed E-state index contributed by atoms with van der Waals surface area (Å²) in [7, 11) is 0. The third kappa shape index (κ3) is 6.62. The van der Waals surface area contributed by atoms with E-state index in [-0.39, 0.29) is 18.9 Å². The van der Waals surface area contributed by atoms with E-state index in [1.165, 1.54) is 0 Å². The van der Waals surface area contributed by atoms with E-state index in [1.54, 1.807) is 31.2 Å². The molecule has 6 heteroatoms. The molecule has 0 radical (unpaired) electrons. The number of Topliss-reactive ketones (excluding diaryl/α,β-unsaturated/α-hetero) is 1. The molecule has 0 amide bonds. The Morgan fingerprint density at radius 1 is 1.19 bits per heavy atom. The van der Waals surface area contributed by atoms with Gasteiger partial charge in [0.25, 0.3) is 0 Å². The van der Waals surface area contributed by atoms with Crippen LogP contribution >= 0.6 is 0 Å². The maximum atomic E-state index is 12.5. The number of carbonyl (C=O) groups is 1. The molecule has 0 fully saturated rings. The van der Waals surface area contributed by atoms with Gasteiger partial charge in [-0.25, -0.2) is 0 Å². The Morgan fingerprint density at radius 2 is 1.81 bits per heavy atom. The number of alkyl halides is 3. The van der Waals surface area contributed by atoms with Gasteiger partial charge in [0.15, 0.2) is 5.78 Å². The number of rotatable bonds is 8. The first-order valence-corrected chi connectivity index (χ1v) is 6.91. The summed E-state index contributed by atoms with van der Waals surface area (Å²) in [5, 5.41) is 0. The van der Waals surface area contributed by atoms with E-state index in [2.05, 4.69) is 0 Å². The number of hydrogen-bond donors (Lipinski definition) is 0. The predicted molar refractivity (Wildman–Crippen MR) is 74.7 cm³/mol. The van der Waals surface area contributed by atoms with E-state index in [4.69, 9.17) is 4.74 Å². The van der Waals surface area contributed by atoms with Crippen molar-refractivity contribution in [1.29, 1.82) is 0 Å². The molecule has 0 aliphatic heterocycles. The molecule has 1 rings (SSSR count). The van der Waals surface area contributed by atoms with Crippen molar-refractivity contribution in [3.05, 3.63) is 29.8 Å². The molecule has 0 heterocycles. The average Bonchev–Trinajstić information content (AvgIpc) is 2.38. The van der Waals surface area contributed by atoms with Crippen LogP contribution < -0.4 is 4.74 Å². The summed E-state index contributed by atoms with van der Waals surface area (Å²) in [6.07, 6.45) is -3.74. The Balaban J connectivity index is 2.67. The summed E-state index contributed by atoms with van der Waals surface area (Å²) in [4.78, 5) is 13.2. The molecule has 0 saturated carbocycles. The molecule has 0 bridgehead atoms. The second kappa shape index (κ2) is 8.02. The lowest BCUT2D eigenvalue weighted by molar-refractivity contribution is -0.144. The van der Waals surface area contributed by atoms with Crippen molar-refractivity contribution in [1.82, 2.24) is 4.90 Å². The molecule has 1 aromatic carbocycles. The van der Waals surface area contributed by atoms with Gasteiger partial charge in [-0.3, -0.25) is 9.69 Å². The van der Waals surface area contributed by atoms with E-state index < -0.39 is 12.7 Å². The lowest BCUT2D eigenvalue weighted by Gasteiger charge is -2.22. The molecule has 0 aliphatic rings. The van der Waals surface area contributed by atoms with Crippen LogP contribution in [0.15, 0.2) is 24.3 Å². The fourth-order valence-electron chi connectivity index (χ4n) is 1.98. The summed E-state index contributed by atoms with van der Waals surface area (Å²) in [5.41, 5.74) is 0.390. The highest BCUT2D eigenvalue weighted by atomic mass is 19.4. The van der Waals surface area contributed by atoms with Gasteiger partial charge in [0.05, 0.1) is 19.7 Å². The van der Waals surface area contributed by atoms with Crippen LogP contribution in [0.4, 0.5) is 13.2 Å². The molecule has 0 aromatic heterocycles. The molecule has 1 aromatic rings. The number of ketones is 1. The molecule has 0 saturated heterocycles. The second-order valence-corrected chi connectivity index (χ2v) is 4.71. The third-order valence-electron chi connectivity index (χ3n) is 2.80. The van der Waals surface area contributed by atoms with Gasteiger partial charge in [0.2, 0.25) is 0 Å². The molecule has 0 atom stereocenters. The highest BCUT2D eigenvalue weighted by Crippen LogP contribution is 2.18. The van der Waals surface area contributed by atoms with E-state index in [9.17, 15) is 18.0 Å². The molecule has 0 unspecified atom stereocenters. The number of carbonyl (C=O) groups excluding carboxylic acids is 1. The standard InChI is InChI=1S/C15H20F3NO2/c1-3-9-19(11-15(16,17)18)10-14(20)12-5-7-13(8-6-12)21-4-2/h5-8H,3-4,9-11H2,1-2H3. The first-order chi connectivity index (χ1) is 9.85. The SMILES string of the molecule is CCCN(CC(=O)c1ccc(OCC)cc1)CC(F)(F)F. The van der Waals surface area contributed by atoms with Gasteiger partial charge >= 0.3 is 6.18 Å². The average molecular weight is 303 g/mol. The fraction of sp³-hybridized carbons (Fsp3) is 0.533. The number of nitrogens with zero attached hydrogens (tertiary/aromatic N) is 1. The van der Waals surface area contributed by atoms with Crippen LogP contribution in [-0.4, -0.2) is 43.1 Å². The van der Waals surface area contributed by atoms with Gasteiger partial charge in [0.1, 0.15) is 5.75 Å². The van der Waals surface area contributed by atoms with Gasteiger partial charge in [0, 0.05) is 5.56 Å². The number of benzene rings is 1. The van der Waals surface area contributed by atoms with Crippen LogP contribution in [0.1, 0.15) is 30.6 Å². The van der Waals surface area contributed by atoms with E-state index >= 15 is 0 Å². The Morgan fingerprint density at radius 3 is 2.29 bits per heavy atom. The van der Waals surface area contributed by atoms with Crippen molar-refractivity contribution in [3.63, 3.8) is 0 Å². The van der Waals surface area contributed by atoms with Crippen molar-refractivity contribution in [2.24, 2.45) is 0 Å². The maximum Gasteiger partial charge on any atom is 0.401 e. The molecule has 3 nitrogen and oxygen atoms in total. The van der Waals surface area contributed by atoms with E-state index in [1.807, 2.05) is 6.92 Å². The first-order valence-electron chi connectivity index (χ1n) is 6.91. The summed E-state index contributed by atoms with van der Waals surface area (Å²) in [6, 6.07) is 6.44. The van der Waals surface area contributed by atoms with Crippen LogP contribution in [0.3, 0.4) is 0 Å². The zero-order valence-electron chi connectivity index (χ0n) is 12.2. The maximum absolute atomic E-state index is 12.5. The van der Waals surface area contributed by atoms with Crippen LogP contribution in [0.5, 0.6) is 5.75 Å². The Hall–Kier alpha value is -1.56. The van der Waals surface area contributed by atoms with Crippen molar-refractivity contribution in [2.45, 2.75) is 26.4 Å². The van der Waals surface area contributed by atoms with Gasteiger partial charge in [-0.05, 0) is 44.2 Å². The van der Waals surface area contributed by atoms with Crippen molar-refractivity contribution < 1.29 is 22.7 Å². The smallest absolute Gasteiger partial charge is 0.401 e. The molecular formula is C15H20F3NO2. The number of ether oxygens (including phenoxy) is 1. The minimum absolute atomic E-state index is 0.235. The summed E-state index contributed by atoms with van der Waals surface area (Å²) < 4.78 is 42.6. The van der Waals surface area contributed by atoms with Crippen LogP contribution in [-0.2, 0) is 0 Å². The summed E-state index contributed by atoms with van der Waals surface area (Å²) >= 11 is 0. The van der Waals surface area contributed by atoms with Gasteiger partial charge < -0.3 is 4.74 Å².